The lowest BCUT2D eigenvalue weighted by Crippen LogP contribution is -2.05. The second kappa shape index (κ2) is 3.15. The van der Waals surface area contributed by atoms with Gasteiger partial charge in [-0.15, -0.1) is 0 Å². The lowest BCUT2D eigenvalue weighted by molar-refractivity contribution is -0.385. The Morgan fingerprint density at radius 1 is 1.53 bits per heavy atom. The van der Waals surface area contributed by atoms with E-state index < -0.39 is 4.92 Å². The first-order valence-electron chi connectivity index (χ1n) is 4.14. The highest BCUT2D eigenvalue weighted by Crippen LogP contribution is 2.24. The number of hydrogen-bond acceptors (Lipinski definition) is 5. The summed E-state index contributed by atoms with van der Waals surface area (Å²) < 4.78 is 2.72. The van der Waals surface area contributed by atoms with E-state index in [9.17, 15) is 10.1 Å². The van der Waals surface area contributed by atoms with Crippen molar-refractivity contribution in [2.75, 3.05) is 0 Å². The van der Waals surface area contributed by atoms with Crippen molar-refractivity contribution in [2.45, 2.75) is 6.92 Å². The van der Waals surface area contributed by atoms with Crippen molar-refractivity contribution in [3.05, 3.63) is 28.5 Å². The molecule has 0 N–H and O–H groups in total. The molecule has 0 fully saturated rings. The molecule has 0 saturated heterocycles. The monoisotopic (exact) mass is 208 g/mol. The maximum Gasteiger partial charge on any atom is 0.336 e. The molecule has 0 saturated carbocycles. The summed E-state index contributed by atoms with van der Waals surface area (Å²) in [6.45, 7) is 1.58. The van der Waals surface area contributed by atoms with Gasteiger partial charge in [-0.2, -0.15) is 14.9 Å². The molecule has 8 nitrogen and oxygen atoms in total. The number of aryl methyl sites for hydroxylation is 2. The van der Waals surface area contributed by atoms with Gasteiger partial charge in [0, 0.05) is 7.05 Å². The third-order valence-electron chi connectivity index (χ3n) is 1.98. The molecule has 0 spiro atoms. The van der Waals surface area contributed by atoms with Crippen LogP contribution in [0.4, 0.5) is 5.69 Å². The van der Waals surface area contributed by atoms with E-state index in [-0.39, 0.29) is 5.69 Å². The van der Waals surface area contributed by atoms with Crippen LogP contribution in [0, 0.1) is 17.0 Å². The zero-order chi connectivity index (χ0) is 11.0. The molecular weight excluding hydrogens is 200 g/mol. The summed E-state index contributed by atoms with van der Waals surface area (Å²) in [7, 11) is 1.62. The Labute approximate surface area is 84.3 Å². The van der Waals surface area contributed by atoms with Crippen molar-refractivity contribution < 1.29 is 4.92 Å². The van der Waals surface area contributed by atoms with Crippen LogP contribution in [0.1, 0.15) is 5.69 Å². The Bertz CT molecular complexity index is 500. The summed E-state index contributed by atoms with van der Waals surface area (Å²) in [6, 6.07) is 0. The summed E-state index contributed by atoms with van der Waals surface area (Å²) in [5.74, 6) is 0.301. The first-order chi connectivity index (χ1) is 7.11. The summed E-state index contributed by atoms with van der Waals surface area (Å²) in [5.41, 5.74) is 0.302. The van der Waals surface area contributed by atoms with E-state index in [0.29, 0.717) is 11.5 Å². The topological polar surface area (TPSA) is 91.7 Å². The molecular formula is C7H8N6O2. The van der Waals surface area contributed by atoms with Crippen molar-refractivity contribution in [2.24, 2.45) is 7.05 Å². The summed E-state index contributed by atoms with van der Waals surface area (Å²) in [6.07, 6.45) is 2.70. The fourth-order valence-corrected chi connectivity index (χ4v) is 1.42. The van der Waals surface area contributed by atoms with E-state index in [1.54, 1.807) is 14.0 Å². The molecule has 78 valence electrons. The van der Waals surface area contributed by atoms with Gasteiger partial charge in [-0.05, 0) is 6.92 Å². The lowest BCUT2D eigenvalue weighted by Gasteiger charge is -1.98. The van der Waals surface area contributed by atoms with Crippen LogP contribution in [0.5, 0.6) is 0 Å². The smallest absolute Gasteiger partial charge is 0.258 e. The van der Waals surface area contributed by atoms with Gasteiger partial charge in [-0.1, -0.05) is 0 Å². The van der Waals surface area contributed by atoms with Gasteiger partial charge in [0.25, 0.3) is 0 Å². The Morgan fingerprint density at radius 2 is 2.27 bits per heavy atom. The maximum atomic E-state index is 10.8. The van der Waals surface area contributed by atoms with Crippen molar-refractivity contribution >= 4 is 5.69 Å². The molecule has 0 amide bonds. The van der Waals surface area contributed by atoms with Crippen molar-refractivity contribution in [1.82, 2.24) is 24.5 Å². The molecule has 2 rings (SSSR count). The van der Waals surface area contributed by atoms with Crippen molar-refractivity contribution in [3.8, 4) is 5.82 Å². The zero-order valence-electron chi connectivity index (χ0n) is 8.15. The molecule has 0 bridgehead atoms. The third kappa shape index (κ3) is 1.35. The Kier molecular flexibility index (Phi) is 1.96. The second-order valence-electron chi connectivity index (χ2n) is 2.98. The van der Waals surface area contributed by atoms with Crippen LogP contribution < -0.4 is 0 Å². The van der Waals surface area contributed by atoms with Crippen molar-refractivity contribution in [3.63, 3.8) is 0 Å². The number of aromatic nitrogens is 5. The minimum absolute atomic E-state index is 0.0528. The molecule has 0 atom stereocenters. The van der Waals surface area contributed by atoms with E-state index in [1.807, 2.05) is 0 Å². The Morgan fingerprint density at radius 3 is 2.80 bits per heavy atom. The summed E-state index contributed by atoms with van der Waals surface area (Å²) in [5, 5.41) is 18.7. The quantitative estimate of drug-likeness (QED) is 0.519. The lowest BCUT2D eigenvalue weighted by atomic mass is 10.4. The predicted molar refractivity (Wildman–Crippen MR) is 49.5 cm³/mol. The SMILES string of the molecule is Cc1nn(C)c(-n2cncn2)c1[N+](=O)[O-]. The first-order valence-corrected chi connectivity index (χ1v) is 4.14. The van der Waals surface area contributed by atoms with Crippen LogP contribution in [-0.4, -0.2) is 29.5 Å². The Balaban J connectivity index is 2.70. The minimum atomic E-state index is -0.473. The molecule has 8 heteroatoms. The zero-order valence-corrected chi connectivity index (χ0v) is 8.15. The highest BCUT2D eigenvalue weighted by Gasteiger charge is 2.25. The van der Waals surface area contributed by atoms with Gasteiger partial charge in [-0.25, -0.2) is 9.67 Å². The average molecular weight is 208 g/mol. The number of nitro groups is 1. The van der Waals surface area contributed by atoms with Crippen LogP contribution in [0.2, 0.25) is 0 Å². The summed E-state index contributed by atoms with van der Waals surface area (Å²) in [4.78, 5) is 14.1. The molecule has 0 aliphatic rings. The van der Waals surface area contributed by atoms with Crippen LogP contribution in [0.15, 0.2) is 12.7 Å². The molecule has 0 aromatic carbocycles. The molecule has 2 aromatic rings. The molecule has 0 aliphatic carbocycles. The number of nitrogens with zero attached hydrogens (tertiary/aromatic N) is 6. The van der Waals surface area contributed by atoms with Gasteiger partial charge in [0.15, 0.2) is 0 Å². The van der Waals surface area contributed by atoms with E-state index in [0.717, 1.165) is 0 Å². The first kappa shape index (κ1) is 9.31. The molecule has 0 aliphatic heterocycles. The summed E-state index contributed by atoms with van der Waals surface area (Å²) >= 11 is 0. The van der Waals surface area contributed by atoms with Gasteiger partial charge < -0.3 is 0 Å². The molecule has 2 aromatic heterocycles. The third-order valence-corrected chi connectivity index (χ3v) is 1.98. The molecule has 15 heavy (non-hydrogen) atoms. The van der Waals surface area contributed by atoms with Gasteiger partial charge in [-0.3, -0.25) is 10.1 Å². The van der Waals surface area contributed by atoms with E-state index in [4.69, 9.17) is 0 Å². The maximum absolute atomic E-state index is 10.8. The second-order valence-corrected chi connectivity index (χ2v) is 2.98. The largest absolute Gasteiger partial charge is 0.336 e. The van der Waals surface area contributed by atoms with Crippen LogP contribution in [0.3, 0.4) is 0 Å². The predicted octanol–water partition coefficient (Wildman–Crippen LogP) is 0.217. The Hall–Kier alpha value is -2.25. The molecule has 2 heterocycles. The van der Waals surface area contributed by atoms with Crippen LogP contribution in [-0.2, 0) is 7.05 Å². The van der Waals surface area contributed by atoms with Gasteiger partial charge in [0.05, 0.1) is 4.92 Å². The minimum Gasteiger partial charge on any atom is -0.258 e. The number of rotatable bonds is 2. The number of hydrogen-bond donors (Lipinski definition) is 0. The van der Waals surface area contributed by atoms with Gasteiger partial charge >= 0.3 is 5.69 Å². The van der Waals surface area contributed by atoms with Crippen LogP contribution >= 0.6 is 0 Å². The standard InChI is InChI=1S/C7H8N6O2/c1-5-6(13(14)15)7(11(2)10-5)12-4-8-3-9-12/h3-4H,1-2H3. The molecule has 0 unspecified atom stereocenters. The van der Waals surface area contributed by atoms with Crippen molar-refractivity contribution in [1.29, 1.82) is 0 Å². The van der Waals surface area contributed by atoms with E-state index in [2.05, 4.69) is 15.2 Å². The fraction of sp³-hybridized carbons (Fsp3) is 0.286. The van der Waals surface area contributed by atoms with Gasteiger partial charge in [0.2, 0.25) is 5.82 Å². The highest BCUT2D eigenvalue weighted by atomic mass is 16.6. The fourth-order valence-electron chi connectivity index (χ4n) is 1.42. The average Bonchev–Trinajstić information content (AvgIpc) is 2.71. The normalized spacial score (nSPS) is 10.5. The van der Waals surface area contributed by atoms with Gasteiger partial charge in [0.1, 0.15) is 18.3 Å². The van der Waals surface area contributed by atoms with E-state index in [1.165, 1.54) is 22.0 Å². The molecule has 0 radical (unpaired) electrons. The highest BCUT2D eigenvalue weighted by molar-refractivity contribution is 5.50. The van der Waals surface area contributed by atoms with Crippen LogP contribution in [0.25, 0.3) is 5.82 Å². The van der Waals surface area contributed by atoms with E-state index >= 15 is 0 Å².